The van der Waals surface area contributed by atoms with Crippen LogP contribution in [0.15, 0.2) is 21.7 Å². The highest BCUT2D eigenvalue weighted by Crippen LogP contribution is 2.28. The summed E-state index contributed by atoms with van der Waals surface area (Å²) in [6, 6.07) is 2.01. The Morgan fingerprint density at radius 2 is 1.73 bits per heavy atom. The van der Waals surface area contributed by atoms with Crippen molar-refractivity contribution in [3.63, 3.8) is 0 Å². The van der Waals surface area contributed by atoms with E-state index in [0.717, 1.165) is 21.5 Å². The van der Waals surface area contributed by atoms with Gasteiger partial charge in [0.1, 0.15) is 11.9 Å². The molecule has 0 N–H and O–H groups in total. The molecule has 26 heavy (non-hydrogen) atoms. The minimum absolute atomic E-state index is 0.0160. The Hall–Kier alpha value is -2.51. The number of benzene rings is 1. The number of nitrogens with zero attached hydrogens (tertiary/aromatic N) is 3. The van der Waals surface area contributed by atoms with Crippen LogP contribution in [0.5, 0.6) is 5.75 Å². The van der Waals surface area contributed by atoms with E-state index >= 15 is 0 Å². The molecule has 0 aliphatic carbocycles. The minimum atomic E-state index is -3.35. The van der Waals surface area contributed by atoms with E-state index in [-0.39, 0.29) is 41.1 Å². The van der Waals surface area contributed by atoms with E-state index in [0.29, 0.717) is 4.57 Å². The molecule has 0 radical (unpaired) electrons. The van der Waals surface area contributed by atoms with Crippen molar-refractivity contribution in [2.75, 3.05) is 11.5 Å². The Morgan fingerprint density at radius 1 is 1.15 bits per heavy atom. The molecule has 0 unspecified atom stereocenters. The van der Waals surface area contributed by atoms with E-state index in [2.05, 4.69) is 12.0 Å². The summed E-state index contributed by atoms with van der Waals surface area (Å²) in [6.07, 6.45) is 2.30. The summed E-state index contributed by atoms with van der Waals surface area (Å²) >= 11 is 5.88. The SMILES string of the molecule is CC#COc1cc(-n2c(=O)n3n(c2=O)CCS(=O)(=O)CC3)c(F)cc1Cl. The minimum Gasteiger partial charge on any atom is -0.406 e. The van der Waals surface area contributed by atoms with Crippen LogP contribution in [-0.2, 0) is 22.9 Å². The van der Waals surface area contributed by atoms with Gasteiger partial charge in [0, 0.05) is 13.0 Å². The van der Waals surface area contributed by atoms with Crippen LogP contribution in [0.3, 0.4) is 0 Å². The second-order valence-corrected chi connectivity index (χ2v) is 8.20. The van der Waals surface area contributed by atoms with E-state index in [1.54, 1.807) is 0 Å². The summed E-state index contributed by atoms with van der Waals surface area (Å²) in [4.78, 5) is 25.2. The molecular formula is C15H13ClFN3O5S. The van der Waals surface area contributed by atoms with Crippen LogP contribution in [0.2, 0.25) is 5.02 Å². The van der Waals surface area contributed by atoms with Crippen LogP contribution in [-0.4, -0.2) is 33.9 Å². The molecule has 0 spiro atoms. The molecule has 1 aliphatic rings. The number of halogens is 2. The molecule has 1 aromatic carbocycles. The lowest BCUT2D eigenvalue weighted by molar-refractivity contribution is 0.480. The zero-order valence-corrected chi connectivity index (χ0v) is 15.1. The maximum absolute atomic E-state index is 14.4. The highest BCUT2D eigenvalue weighted by atomic mass is 35.5. The Kier molecular flexibility index (Phi) is 4.68. The molecule has 2 aromatic rings. The highest BCUT2D eigenvalue weighted by Gasteiger charge is 2.26. The van der Waals surface area contributed by atoms with Crippen molar-refractivity contribution in [2.24, 2.45) is 0 Å². The van der Waals surface area contributed by atoms with Crippen molar-refractivity contribution in [1.82, 2.24) is 13.9 Å². The smallest absolute Gasteiger partial charge is 0.351 e. The van der Waals surface area contributed by atoms with Crippen molar-refractivity contribution in [2.45, 2.75) is 20.0 Å². The number of aromatic nitrogens is 3. The lowest BCUT2D eigenvalue weighted by Gasteiger charge is -2.06. The number of fused-ring (bicyclic) bond motifs is 1. The van der Waals surface area contributed by atoms with Crippen LogP contribution in [0.4, 0.5) is 4.39 Å². The molecule has 1 aromatic heterocycles. The molecule has 3 rings (SSSR count). The maximum Gasteiger partial charge on any atom is 0.351 e. The molecule has 0 atom stereocenters. The van der Waals surface area contributed by atoms with Crippen LogP contribution in [0, 0.1) is 17.8 Å². The standard InChI is InChI=1S/C15H13ClFN3O5S/c1-2-5-25-13-9-12(11(17)8-10(13)16)20-14(21)18-3-6-26(23,24)7-4-19(18)15(20)22/h8-9H,3-4,6-7H2,1H3. The summed E-state index contributed by atoms with van der Waals surface area (Å²) in [7, 11) is -3.35. The fourth-order valence-corrected chi connectivity index (χ4v) is 3.88. The van der Waals surface area contributed by atoms with E-state index in [4.69, 9.17) is 16.3 Å². The normalized spacial score (nSPS) is 15.5. The number of ether oxygens (including phenoxy) is 1. The van der Waals surface area contributed by atoms with Gasteiger partial charge in [-0.15, -0.1) is 0 Å². The van der Waals surface area contributed by atoms with Crippen molar-refractivity contribution < 1.29 is 17.5 Å². The second kappa shape index (κ2) is 6.66. The largest absolute Gasteiger partial charge is 0.406 e. The summed E-state index contributed by atoms with van der Waals surface area (Å²) in [5, 5.41) is -0.0750. The Bertz CT molecular complexity index is 1120. The molecule has 0 amide bonds. The molecule has 0 fully saturated rings. The third kappa shape index (κ3) is 3.15. The predicted octanol–water partition coefficient (Wildman–Crippen LogP) is 0.381. The van der Waals surface area contributed by atoms with Crippen LogP contribution in [0.1, 0.15) is 6.92 Å². The second-order valence-electron chi connectivity index (χ2n) is 5.49. The van der Waals surface area contributed by atoms with Crippen LogP contribution >= 0.6 is 11.6 Å². The first-order chi connectivity index (χ1) is 12.2. The molecular weight excluding hydrogens is 389 g/mol. The van der Waals surface area contributed by atoms with Crippen LogP contribution < -0.4 is 16.1 Å². The van der Waals surface area contributed by atoms with Gasteiger partial charge in [-0.05, 0) is 6.07 Å². The van der Waals surface area contributed by atoms with Gasteiger partial charge in [-0.3, -0.25) is 0 Å². The first-order valence-corrected chi connectivity index (χ1v) is 9.66. The van der Waals surface area contributed by atoms with Gasteiger partial charge in [-0.2, -0.15) is 0 Å². The maximum atomic E-state index is 14.4. The van der Waals surface area contributed by atoms with Gasteiger partial charge in [0.15, 0.2) is 15.6 Å². The fraction of sp³-hybridized carbons (Fsp3) is 0.333. The fourth-order valence-electron chi connectivity index (χ4n) is 2.59. The average Bonchev–Trinajstić information content (AvgIpc) is 2.70. The number of sulfone groups is 1. The zero-order chi connectivity index (χ0) is 19.1. The first-order valence-electron chi connectivity index (χ1n) is 7.46. The summed E-state index contributed by atoms with van der Waals surface area (Å²) in [6.45, 7) is 1.14. The van der Waals surface area contributed by atoms with Gasteiger partial charge < -0.3 is 4.74 Å². The molecule has 8 nitrogen and oxygen atoms in total. The first kappa shape index (κ1) is 18.3. The Labute approximate surface area is 152 Å². The number of rotatable bonds is 2. The van der Waals surface area contributed by atoms with Gasteiger partial charge in [-0.1, -0.05) is 17.5 Å². The van der Waals surface area contributed by atoms with Gasteiger partial charge in [0.25, 0.3) is 0 Å². The number of hydrogen-bond acceptors (Lipinski definition) is 5. The summed E-state index contributed by atoms with van der Waals surface area (Å²) in [5.74, 6) is 1.000. The molecule has 0 saturated carbocycles. The topological polar surface area (TPSA) is 92.3 Å². The summed E-state index contributed by atoms with van der Waals surface area (Å²) < 4.78 is 45.5. The Balaban J connectivity index is 2.19. The molecule has 1 aliphatic heterocycles. The monoisotopic (exact) mass is 401 g/mol. The molecule has 11 heteroatoms. The van der Waals surface area contributed by atoms with Crippen molar-refractivity contribution in [3.05, 3.63) is 43.9 Å². The van der Waals surface area contributed by atoms with Crippen molar-refractivity contribution in [3.8, 4) is 23.5 Å². The molecule has 0 bridgehead atoms. The van der Waals surface area contributed by atoms with Gasteiger partial charge in [0.05, 0.1) is 35.3 Å². The Morgan fingerprint density at radius 3 is 2.27 bits per heavy atom. The van der Waals surface area contributed by atoms with E-state index in [1.807, 2.05) is 0 Å². The highest BCUT2D eigenvalue weighted by molar-refractivity contribution is 7.91. The lowest BCUT2D eigenvalue weighted by Crippen LogP contribution is -2.30. The van der Waals surface area contributed by atoms with E-state index < -0.39 is 27.0 Å². The van der Waals surface area contributed by atoms with Crippen LogP contribution in [0.25, 0.3) is 5.69 Å². The van der Waals surface area contributed by atoms with Gasteiger partial charge in [-0.25, -0.2) is 36.3 Å². The predicted molar refractivity (Wildman–Crippen MR) is 92.0 cm³/mol. The van der Waals surface area contributed by atoms with Gasteiger partial charge in [0.2, 0.25) is 0 Å². The third-order valence-electron chi connectivity index (χ3n) is 3.85. The quantitative estimate of drug-likeness (QED) is 0.678. The van der Waals surface area contributed by atoms with Gasteiger partial charge >= 0.3 is 11.4 Å². The van der Waals surface area contributed by atoms with Crippen molar-refractivity contribution in [1.29, 1.82) is 0 Å². The zero-order valence-electron chi connectivity index (χ0n) is 13.5. The third-order valence-corrected chi connectivity index (χ3v) is 5.75. The average molecular weight is 402 g/mol. The number of hydrogen-bond donors (Lipinski definition) is 0. The molecule has 0 saturated heterocycles. The van der Waals surface area contributed by atoms with Crippen molar-refractivity contribution >= 4 is 21.4 Å². The molecule has 2 heterocycles. The van der Waals surface area contributed by atoms with E-state index in [9.17, 15) is 22.4 Å². The molecule has 138 valence electrons. The van der Waals surface area contributed by atoms with E-state index in [1.165, 1.54) is 6.92 Å². The lowest BCUT2D eigenvalue weighted by atomic mass is 10.3. The summed E-state index contributed by atoms with van der Waals surface area (Å²) in [5.41, 5.74) is -2.05.